The van der Waals surface area contributed by atoms with Crippen molar-refractivity contribution in [3.8, 4) is 11.4 Å². The first-order valence-electron chi connectivity index (χ1n) is 11.9. The second-order valence-electron chi connectivity index (χ2n) is 9.14. The van der Waals surface area contributed by atoms with Gasteiger partial charge in [-0.3, -0.25) is 0 Å². The molecule has 12 heteroatoms. The lowest BCUT2D eigenvalue weighted by molar-refractivity contribution is 0.0985. The van der Waals surface area contributed by atoms with Crippen molar-refractivity contribution in [1.82, 2.24) is 15.3 Å². The van der Waals surface area contributed by atoms with Gasteiger partial charge in [-0.25, -0.2) is 18.4 Å². The topological polar surface area (TPSA) is 137 Å². The first-order valence-corrected chi connectivity index (χ1v) is 14.0. The van der Waals surface area contributed by atoms with Gasteiger partial charge < -0.3 is 30.5 Å². The lowest BCUT2D eigenvalue weighted by Gasteiger charge is -2.35. The number of hydrogen-bond donors (Lipinski definition) is 4. The fourth-order valence-corrected chi connectivity index (χ4v) is 5.47. The Bertz CT molecular complexity index is 1140. The molecular formula is C24H35N5O5S2. The van der Waals surface area contributed by atoms with Crippen LogP contribution in [0.5, 0.6) is 0 Å². The van der Waals surface area contributed by atoms with E-state index in [1.54, 1.807) is 19.9 Å². The Morgan fingerprint density at radius 3 is 2.58 bits per heavy atom. The van der Waals surface area contributed by atoms with Crippen LogP contribution in [0.25, 0.3) is 11.4 Å². The Labute approximate surface area is 218 Å². The van der Waals surface area contributed by atoms with Crippen molar-refractivity contribution in [2.75, 3.05) is 55.5 Å². The highest BCUT2D eigenvalue weighted by Crippen LogP contribution is 2.34. The molecule has 10 nitrogen and oxygen atoms in total. The maximum Gasteiger partial charge on any atom is 0.170 e. The number of aromatic nitrogens is 2. The molecule has 0 spiro atoms. The molecule has 1 fully saturated rings. The van der Waals surface area contributed by atoms with E-state index in [0.29, 0.717) is 48.8 Å². The Morgan fingerprint density at radius 2 is 1.94 bits per heavy atom. The molecule has 4 N–H and O–H groups in total. The summed E-state index contributed by atoms with van der Waals surface area (Å²) < 4.78 is 30.7. The molecule has 3 rings (SSSR count). The van der Waals surface area contributed by atoms with E-state index in [-0.39, 0.29) is 31.4 Å². The number of ether oxygens (including phenoxy) is 1. The first kappa shape index (κ1) is 28.2. The van der Waals surface area contributed by atoms with Crippen LogP contribution in [-0.2, 0) is 19.3 Å². The predicted octanol–water partition coefficient (Wildman–Crippen LogP) is 1.68. The molecule has 0 radical (unpaired) electrons. The van der Waals surface area contributed by atoms with Gasteiger partial charge in [-0.15, -0.1) is 0 Å². The fourth-order valence-electron chi connectivity index (χ4n) is 3.80. The number of hydrogen-bond acceptors (Lipinski definition) is 9. The van der Waals surface area contributed by atoms with Gasteiger partial charge in [0.05, 0.1) is 37.3 Å². The zero-order valence-corrected chi connectivity index (χ0v) is 22.5. The van der Waals surface area contributed by atoms with Crippen molar-refractivity contribution in [3.05, 3.63) is 36.0 Å². The maximum absolute atomic E-state index is 13.2. The van der Waals surface area contributed by atoms with Gasteiger partial charge in [0.25, 0.3) is 0 Å². The molecule has 0 saturated carbocycles. The zero-order valence-electron chi connectivity index (χ0n) is 20.9. The van der Waals surface area contributed by atoms with E-state index in [0.717, 1.165) is 11.3 Å². The molecule has 1 aromatic heterocycles. The number of anilines is 2. The van der Waals surface area contributed by atoms with Gasteiger partial charge in [0.1, 0.15) is 10.6 Å². The van der Waals surface area contributed by atoms with Gasteiger partial charge in [0.2, 0.25) is 0 Å². The van der Waals surface area contributed by atoms with Crippen LogP contribution >= 0.6 is 12.2 Å². The third-order valence-electron chi connectivity index (χ3n) is 6.14. The zero-order chi connectivity index (χ0) is 26.3. The summed E-state index contributed by atoms with van der Waals surface area (Å²) in [6, 6.07) is 9.17. The van der Waals surface area contributed by atoms with Gasteiger partial charge in [0.15, 0.2) is 20.8 Å². The van der Waals surface area contributed by atoms with Crippen LogP contribution in [0, 0.1) is 0 Å². The molecule has 1 atom stereocenters. The van der Waals surface area contributed by atoms with Crippen molar-refractivity contribution in [3.63, 3.8) is 0 Å². The van der Waals surface area contributed by atoms with Gasteiger partial charge in [-0.05, 0) is 63.7 Å². The van der Waals surface area contributed by atoms with Crippen LogP contribution in [0.4, 0.5) is 11.5 Å². The third kappa shape index (κ3) is 6.68. The molecule has 0 unspecified atom stereocenters. The van der Waals surface area contributed by atoms with E-state index < -0.39 is 14.6 Å². The summed E-state index contributed by atoms with van der Waals surface area (Å²) in [6.45, 7) is 7.21. The van der Waals surface area contributed by atoms with Gasteiger partial charge in [-0.2, -0.15) is 0 Å². The largest absolute Gasteiger partial charge is 0.396 e. The molecule has 36 heavy (non-hydrogen) atoms. The molecule has 1 saturated heterocycles. The van der Waals surface area contributed by atoms with E-state index in [1.165, 1.54) is 0 Å². The third-order valence-corrected chi connectivity index (χ3v) is 8.98. The summed E-state index contributed by atoms with van der Waals surface area (Å²) in [5, 5.41) is 24.4. The molecule has 1 aromatic carbocycles. The average Bonchev–Trinajstić information content (AvgIpc) is 2.86. The lowest BCUT2D eigenvalue weighted by Crippen LogP contribution is -2.44. The van der Waals surface area contributed by atoms with Crippen LogP contribution in [-0.4, -0.2) is 85.0 Å². The van der Waals surface area contributed by atoms with Crippen LogP contribution in [0.15, 0.2) is 30.3 Å². The molecule has 1 aliphatic rings. The summed E-state index contributed by atoms with van der Waals surface area (Å²) in [7, 11) is -3.61. The lowest BCUT2D eigenvalue weighted by atomic mass is 10.1. The second-order valence-corrected chi connectivity index (χ2v) is 12.2. The summed E-state index contributed by atoms with van der Waals surface area (Å²) in [6.07, 6.45) is 0.167. The minimum atomic E-state index is -3.61. The van der Waals surface area contributed by atoms with Crippen molar-refractivity contribution >= 4 is 38.7 Å². The number of nitrogens with one attached hydrogen (secondary N) is 2. The first-order chi connectivity index (χ1) is 17.1. The quantitative estimate of drug-likeness (QED) is 0.330. The molecule has 0 amide bonds. The summed E-state index contributed by atoms with van der Waals surface area (Å²) >= 11 is 5.20. The molecule has 1 aliphatic heterocycles. The maximum atomic E-state index is 13.2. The van der Waals surface area contributed by atoms with E-state index in [4.69, 9.17) is 32.0 Å². The number of nitrogens with zero attached hydrogens (tertiary/aromatic N) is 3. The highest BCUT2D eigenvalue weighted by atomic mass is 32.2. The van der Waals surface area contributed by atoms with E-state index in [2.05, 4.69) is 15.5 Å². The predicted molar refractivity (Wildman–Crippen MR) is 145 cm³/mol. The van der Waals surface area contributed by atoms with E-state index in [9.17, 15) is 13.5 Å². The summed E-state index contributed by atoms with van der Waals surface area (Å²) in [5.41, 5.74) is 1.87. The van der Waals surface area contributed by atoms with Crippen molar-refractivity contribution in [2.24, 2.45) is 0 Å². The normalized spacial score (nSPS) is 16.6. The standard InChI is InChI=1S/C24H35N5O5S2/c1-17-16-34-13-10-29(17)21-15-20(24(2,3)36(32,33)14-4-11-30)27-22(28-21)18-5-7-19(8-6-18)26-23(35)25-9-12-31/h5-8,15,17,30-31H,4,9-14,16H2,1-3H3,(H2,25,26,35)/t17-/m0/s1. The Morgan fingerprint density at radius 1 is 1.22 bits per heavy atom. The highest BCUT2D eigenvalue weighted by molar-refractivity contribution is 7.92. The number of rotatable bonds is 10. The molecule has 2 heterocycles. The molecule has 0 aliphatic carbocycles. The molecule has 198 valence electrons. The number of benzene rings is 1. The van der Waals surface area contributed by atoms with Crippen molar-refractivity contribution < 1.29 is 23.4 Å². The second kappa shape index (κ2) is 12.2. The summed E-state index contributed by atoms with van der Waals surface area (Å²) in [5.74, 6) is 0.927. The van der Waals surface area contributed by atoms with E-state index >= 15 is 0 Å². The number of aliphatic hydroxyl groups is 2. The molecule has 2 aromatic rings. The summed E-state index contributed by atoms with van der Waals surface area (Å²) in [4.78, 5) is 11.6. The Balaban J connectivity index is 2.00. The monoisotopic (exact) mass is 537 g/mol. The molecule has 0 bridgehead atoms. The number of morpholine rings is 1. The highest BCUT2D eigenvalue weighted by Gasteiger charge is 2.38. The minimum Gasteiger partial charge on any atom is -0.396 e. The molecular weight excluding hydrogens is 502 g/mol. The fraction of sp³-hybridized carbons (Fsp3) is 0.542. The Kier molecular flexibility index (Phi) is 9.59. The average molecular weight is 538 g/mol. The Hall–Kier alpha value is -2.38. The van der Waals surface area contributed by atoms with Crippen LogP contribution in [0.1, 0.15) is 32.9 Å². The van der Waals surface area contributed by atoms with Crippen LogP contribution in [0.2, 0.25) is 0 Å². The SMILES string of the molecule is C[C@H]1COCCN1c1cc(C(C)(C)S(=O)(=O)CCCO)nc(-c2ccc(NC(=S)NCCO)cc2)n1. The number of aliphatic hydroxyl groups excluding tert-OH is 2. The van der Waals surface area contributed by atoms with E-state index in [1.807, 2.05) is 31.2 Å². The van der Waals surface area contributed by atoms with Gasteiger partial charge in [0, 0.05) is 37.0 Å². The smallest absolute Gasteiger partial charge is 0.170 e. The van der Waals surface area contributed by atoms with Crippen LogP contribution < -0.4 is 15.5 Å². The van der Waals surface area contributed by atoms with Gasteiger partial charge >= 0.3 is 0 Å². The number of thiocarbonyl (C=S) groups is 1. The van der Waals surface area contributed by atoms with Gasteiger partial charge in [-0.1, -0.05) is 0 Å². The minimum absolute atomic E-state index is 0.0232. The van der Waals surface area contributed by atoms with Crippen LogP contribution in [0.3, 0.4) is 0 Å². The van der Waals surface area contributed by atoms with Crippen molar-refractivity contribution in [1.29, 1.82) is 0 Å². The number of sulfone groups is 1. The van der Waals surface area contributed by atoms with Crippen molar-refractivity contribution in [2.45, 2.75) is 38.0 Å².